The lowest BCUT2D eigenvalue weighted by Gasteiger charge is -2.24. The summed E-state index contributed by atoms with van der Waals surface area (Å²) in [7, 11) is 1.40. The number of benzene rings is 1. The van der Waals surface area contributed by atoms with Gasteiger partial charge in [-0.25, -0.2) is 4.79 Å². The van der Waals surface area contributed by atoms with Crippen molar-refractivity contribution in [3.63, 3.8) is 0 Å². The van der Waals surface area contributed by atoms with Gasteiger partial charge in [-0.2, -0.15) is 0 Å². The molecule has 1 aliphatic heterocycles. The van der Waals surface area contributed by atoms with Gasteiger partial charge in [0.1, 0.15) is 5.60 Å². The smallest absolute Gasteiger partial charge is 0.407 e. The second-order valence-electron chi connectivity index (χ2n) is 7.34. The van der Waals surface area contributed by atoms with Gasteiger partial charge >= 0.3 is 12.1 Å². The zero-order chi connectivity index (χ0) is 17.5. The Morgan fingerprint density at radius 3 is 2.42 bits per heavy atom. The third-order valence-corrected chi connectivity index (χ3v) is 4.50. The highest BCUT2D eigenvalue weighted by atomic mass is 16.6. The van der Waals surface area contributed by atoms with E-state index < -0.39 is 11.7 Å². The Bertz CT molecular complexity index is 626. The zero-order valence-electron chi connectivity index (χ0n) is 14.5. The van der Waals surface area contributed by atoms with Gasteiger partial charge in [-0.15, -0.1) is 0 Å². The number of amides is 1. The number of para-hydroxylation sites is 1. The largest absolute Gasteiger partial charge is 0.469 e. The summed E-state index contributed by atoms with van der Waals surface area (Å²) in [6.45, 7) is 5.48. The molecule has 1 saturated heterocycles. The van der Waals surface area contributed by atoms with E-state index in [1.54, 1.807) is 0 Å². The Morgan fingerprint density at radius 2 is 1.83 bits per heavy atom. The maximum atomic E-state index is 12.1. The first-order chi connectivity index (χ1) is 11.3. The molecule has 0 aromatic heterocycles. The molecule has 2 fully saturated rings. The zero-order valence-corrected chi connectivity index (χ0v) is 14.5. The van der Waals surface area contributed by atoms with Crippen LogP contribution in [0.4, 0.5) is 10.5 Å². The van der Waals surface area contributed by atoms with Crippen LogP contribution in [0.2, 0.25) is 0 Å². The number of fused-ring (bicyclic) bond motifs is 1. The maximum Gasteiger partial charge on any atom is 0.407 e. The molecule has 1 aromatic rings. The molecule has 4 atom stereocenters. The van der Waals surface area contributed by atoms with Crippen LogP contribution in [0.3, 0.4) is 0 Å². The van der Waals surface area contributed by atoms with E-state index in [1.807, 2.05) is 51.1 Å². The molecule has 1 heterocycles. The number of carbonyl (C=O) groups is 2. The molecule has 24 heavy (non-hydrogen) atoms. The normalized spacial score (nSPS) is 28.1. The molecule has 6 heteroatoms. The maximum absolute atomic E-state index is 12.1. The van der Waals surface area contributed by atoms with Gasteiger partial charge in [0.2, 0.25) is 0 Å². The lowest BCUT2D eigenvalue weighted by atomic mass is 10.1. The number of piperidine rings is 1. The van der Waals surface area contributed by atoms with Gasteiger partial charge in [0, 0.05) is 5.69 Å². The van der Waals surface area contributed by atoms with E-state index in [0.717, 1.165) is 5.69 Å². The Morgan fingerprint density at radius 1 is 1.17 bits per heavy atom. The fourth-order valence-corrected chi connectivity index (χ4v) is 3.62. The monoisotopic (exact) mass is 332 g/mol. The number of hydrogen-bond acceptors (Lipinski definition) is 5. The lowest BCUT2D eigenvalue weighted by Crippen LogP contribution is -2.43. The molecule has 1 saturated carbocycles. The first-order valence-corrected chi connectivity index (χ1v) is 8.22. The van der Waals surface area contributed by atoms with Crippen molar-refractivity contribution in [1.29, 1.82) is 0 Å². The minimum atomic E-state index is -0.549. The minimum Gasteiger partial charge on any atom is -0.469 e. The molecule has 1 amide bonds. The van der Waals surface area contributed by atoms with Crippen LogP contribution in [0.25, 0.3) is 0 Å². The summed E-state index contributed by atoms with van der Waals surface area (Å²) < 4.78 is 10.3. The van der Waals surface area contributed by atoms with Gasteiger partial charge in [0.05, 0.1) is 31.2 Å². The van der Waals surface area contributed by atoms with Crippen LogP contribution in [0.5, 0.6) is 0 Å². The molecule has 0 radical (unpaired) electrons. The van der Waals surface area contributed by atoms with Crippen molar-refractivity contribution >= 4 is 17.7 Å². The molecule has 3 rings (SSSR count). The second kappa shape index (κ2) is 6.00. The highest BCUT2D eigenvalue weighted by Gasteiger charge is 2.64. The molecule has 0 unspecified atom stereocenters. The van der Waals surface area contributed by atoms with Crippen LogP contribution in [-0.4, -0.2) is 42.9 Å². The predicted molar refractivity (Wildman–Crippen MR) is 89.8 cm³/mol. The molecule has 0 spiro atoms. The average molecular weight is 332 g/mol. The number of methoxy groups -OCH3 is 1. The molecule has 1 aliphatic carbocycles. The van der Waals surface area contributed by atoms with E-state index in [-0.39, 0.29) is 30.0 Å². The van der Waals surface area contributed by atoms with Crippen molar-refractivity contribution in [2.75, 3.05) is 12.0 Å². The van der Waals surface area contributed by atoms with Crippen LogP contribution in [-0.2, 0) is 14.3 Å². The number of nitrogens with zero attached hydrogens (tertiary/aromatic N) is 1. The molecule has 2 aliphatic rings. The van der Waals surface area contributed by atoms with Crippen LogP contribution in [0.15, 0.2) is 30.3 Å². The number of rotatable bonds is 3. The number of esters is 1. The molecule has 1 aromatic carbocycles. The number of nitrogens with one attached hydrogen (secondary N) is 1. The van der Waals surface area contributed by atoms with Gasteiger partial charge in [-0.3, -0.25) is 4.79 Å². The number of anilines is 1. The molecule has 6 nitrogen and oxygen atoms in total. The van der Waals surface area contributed by atoms with Crippen molar-refractivity contribution in [3.8, 4) is 0 Å². The summed E-state index contributed by atoms with van der Waals surface area (Å²) in [6.07, 6.45) is 0.126. The van der Waals surface area contributed by atoms with Crippen LogP contribution in [0, 0.1) is 5.92 Å². The van der Waals surface area contributed by atoms with Crippen LogP contribution >= 0.6 is 0 Å². The van der Waals surface area contributed by atoms with Gasteiger partial charge < -0.3 is 19.7 Å². The van der Waals surface area contributed by atoms with Crippen molar-refractivity contribution in [1.82, 2.24) is 5.32 Å². The fraction of sp³-hybridized carbons (Fsp3) is 0.556. The standard InChI is InChI=1S/C18H24N2O4/c1-18(2,3)24-17(22)19-13-10-12(16(21)23-4)14-15(13)20(14)11-8-6-5-7-9-11/h5-9,12-15H,10H2,1-4H3,(H,19,22)/t12-,13+,14+,15-,20?/m0/s1. The Balaban J connectivity index is 1.74. The Labute approximate surface area is 142 Å². The highest BCUT2D eigenvalue weighted by molar-refractivity contribution is 5.79. The fourth-order valence-electron chi connectivity index (χ4n) is 3.62. The summed E-state index contributed by atoms with van der Waals surface area (Å²) in [5.41, 5.74) is 0.504. The van der Waals surface area contributed by atoms with E-state index in [9.17, 15) is 9.59 Å². The summed E-state index contributed by atoms with van der Waals surface area (Å²) in [4.78, 5) is 26.4. The molecule has 130 valence electrons. The molecule has 1 N–H and O–H groups in total. The number of ether oxygens (including phenoxy) is 2. The van der Waals surface area contributed by atoms with Gasteiger partial charge in [0.15, 0.2) is 0 Å². The third-order valence-electron chi connectivity index (χ3n) is 4.50. The highest BCUT2D eigenvalue weighted by Crippen LogP contribution is 2.49. The minimum absolute atomic E-state index is 0.0692. The average Bonchev–Trinajstić information content (AvgIpc) is 3.15. The second-order valence-corrected chi connectivity index (χ2v) is 7.34. The van der Waals surface area contributed by atoms with E-state index in [2.05, 4.69) is 10.2 Å². The number of carbonyl (C=O) groups excluding carboxylic acids is 2. The summed E-state index contributed by atoms with van der Waals surface area (Å²) in [6, 6.07) is 9.95. The van der Waals surface area contributed by atoms with E-state index in [4.69, 9.17) is 9.47 Å². The predicted octanol–water partition coefficient (Wildman–Crippen LogP) is 2.33. The van der Waals surface area contributed by atoms with Crippen molar-refractivity contribution in [2.45, 2.75) is 50.9 Å². The quantitative estimate of drug-likeness (QED) is 0.680. The van der Waals surface area contributed by atoms with E-state index in [1.165, 1.54) is 7.11 Å². The summed E-state index contributed by atoms with van der Waals surface area (Å²) in [5.74, 6) is -0.461. The van der Waals surface area contributed by atoms with Crippen molar-refractivity contribution in [2.24, 2.45) is 5.92 Å². The number of alkyl carbamates (subject to hydrolysis) is 1. The Kier molecular flexibility index (Phi) is 4.15. The lowest BCUT2D eigenvalue weighted by molar-refractivity contribution is -0.145. The third kappa shape index (κ3) is 3.18. The van der Waals surface area contributed by atoms with Gasteiger partial charge in [-0.05, 0) is 39.3 Å². The molecule has 0 bridgehead atoms. The van der Waals surface area contributed by atoms with Crippen molar-refractivity contribution in [3.05, 3.63) is 30.3 Å². The summed E-state index contributed by atoms with van der Waals surface area (Å²) in [5, 5.41) is 2.92. The van der Waals surface area contributed by atoms with E-state index in [0.29, 0.717) is 6.42 Å². The topological polar surface area (TPSA) is 67.6 Å². The Hall–Kier alpha value is -2.24. The van der Waals surface area contributed by atoms with Gasteiger partial charge in [-0.1, -0.05) is 18.2 Å². The van der Waals surface area contributed by atoms with Crippen LogP contribution < -0.4 is 10.2 Å². The van der Waals surface area contributed by atoms with Gasteiger partial charge in [0.25, 0.3) is 0 Å². The van der Waals surface area contributed by atoms with Crippen molar-refractivity contribution < 1.29 is 19.1 Å². The first-order valence-electron chi connectivity index (χ1n) is 8.22. The number of hydrogen-bond donors (Lipinski definition) is 1. The summed E-state index contributed by atoms with van der Waals surface area (Å²) >= 11 is 0. The van der Waals surface area contributed by atoms with E-state index >= 15 is 0 Å². The SMILES string of the molecule is COC(=O)[C@H]1C[C@@H](NC(=O)OC(C)(C)C)[C@H]2[C@@H]1N2c1ccccc1. The first kappa shape index (κ1) is 16.6. The van der Waals surface area contributed by atoms with Crippen LogP contribution in [0.1, 0.15) is 27.2 Å². The molecular formula is C18H24N2O4. The molecular weight excluding hydrogens is 308 g/mol.